The Labute approximate surface area is 173 Å². The van der Waals surface area contributed by atoms with Crippen LogP contribution in [0, 0.1) is 37.2 Å². The number of hydrogen-bond donors (Lipinski definition) is 1. The molecular formula is C21H25ClF3N3O. The Morgan fingerprint density at radius 1 is 1.17 bits per heavy atom. The number of carbonyl (C=O) groups excluding carboxylic acids is 1. The number of aryl methyl sites for hydroxylation is 2. The summed E-state index contributed by atoms with van der Waals surface area (Å²) in [6.07, 6.45) is 4.12. The summed E-state index contributed by atoms with van der Waals surface area (Å²) in [5.41, 5.74) is 1.02. The van der Waals surface area contributed by atoms with Crippen LogP contribution in [0.4, 0.5) is 13.2 Å². The zero-order valence-corrected chi connectivity index (χ0v) is 17.5. The van der Waals surface area contributed by atoms with Gasteiger partial charge in [-0.1, -0.05) is 18.5 Å². The summed E-state index contributed by atoms with van der Waals surface area (Å²) in [4.78, 5) is 12.5. The summed E-state index contributed by atoms with van der Waals surface area (Å²) in [7, 11) is 0. The number of halogens is 4. The number of nitrogens with one attached hydrogen (secondary N) is 1. The first kappa shape index (κ1) is 21.7. The lowest BCUT2D eigenvalue weighted by atomic mass is 9.86. The molecular weight excluding hydrogens is 403 g/mol. The minimum absolute atomic E-state index is 0.160. The first-order valence-electron chi connectivity index (χ1n) is 9.89. The molecule has 1 saturated carbocycles. The zero-order chi connectivity index (χ0) is 21.3. The minimum atomic E-state index is -1.40. The topological polar surface area (TPSA) is 46.9 Å². The maximum Gasteiger partial charge on any atom is 0.256 e. The molecule has 3 rings (SSSR count). The van der Waals surface area contributed by atoms with Crippen molar-refractivity contribution in [2.75, 3.05) is 0 Å². The van der Waals surface area contributed by atoms with E-state index >= 15 is 0 Å². The van der Waals surface area contributed by atoms with Crippen molar-refractivity contribution < 1.29 is 18.0 Å². The molecule has 0 spiro atoms. The van der Waals surface area contributed by atoms with E-state index in [4.69, 9.17) is 11.6 Å². The monoisotopic (exact) mass is 427 g/mol. The first-order valence-corrected chi connectivity index (χ1v) is 10.3. The second-order valence-electron chi connectivity index (χ2n) is 7.76. The van der Waals surface area contributed by atoms with Gasteiger partial charge in [0.05, 0.1) is 16.3 Å². The van der Waals surface area contributed by atoms with Gasteiger partial charge in [0.2, 0.25) is 0 Å². The summed E-state index contributed by atoms with van der Waals surface area (Å²) in [6.45, 7) is 6.02. The molecule has 0 saturated heterocycles. The lowest BCUT2D eigenvalue weighted by Gasteiger charge is -2.29. The predicted octanol–water partition coefficient (Wildman–Crippen LogP) is 5.12. The minimum Gasteiger partial charge on any atom is -0.349 e. The lowest BCUT2D eigenvalue weighted by Crippen LogP contribution is -2.39. The van der Waals surface area contributed by atoms with E-state index in [9.17, 15) is 18.0 Å². The normalized spacial score (nSPS) is 19.4. The highest BCUT2D eigenvalue weighted by Crippen LogP contribution is 2.30. The first-order chi connectivity index (χ1) is 13.7. The van der Waals surface area contributed by atoms with Gasteiger partial charge in [-0.15, -0.1) is 0 Å². The van der Waals surface area contributed by atoms with E-state index in [1.54, 1.807) is 0 Å². The van der Waals surface area contributed by atoms with Crippen molar-refractivity contribution in [2.45, 2.75) is 65.5 Å². The van der Waals surface area contributed by atoms with Gasteiger partial charge >= 0.3 is 0 Å². The molecule has 1 aromatic heterocycles. The molecule has 1 fully saturated rings. The molecule has 158 valence electrons. The van der Waals surface area contributed by atoms with Crippen molar-refractivity contribution in [3.63, 3.8) is 0 Å². The number of rotatable bonds is 5. The van der Waals surface area contributed by atoms with Gasteiger partial charge < -0.3 is 5.32 Å². The highest BCUT2D eigenvalue weighted by molar-refractivity contribution is 6.34. The molecule has 1 N–H and O–H groups in total. The van der Waals surface area contributed by atoms with Crippen LogP contribution >= 0.6 is 11.6 Å². The van der Waals surface area contributed by atoms with E-state index in [0.717, 1.165) is 57.0 Å². The average Bonchev–Trinajstić information content (AvgIpc) is 3.06. The van der Waals surface area contributed by atoms with Crippen molar-refractivity contribution in [2.24, 2.45) is 5.92 Å². The Morgan fingerprint density at radius 3 is 2.41 bits per heavy atom. The van der Waals surface area contributed by atoms with Crippen LogP contribution in [0.1, 0.15) is 59.9 Å². The summed E-state index contributed by atoms with van der Waals surface area (Å²) >= 11 is 5.70. The Balaban J connectivity index is 1.61. The summed E-state index contributed by atoms with van der Waals surface area (Å²) in [5.74, 6) is -4.27. The number of nitrogens with zero attached hydrogens (tertiary/aromatic N) is 2. The van der Waals surface area contributed by atoms with Crippen molar-refractivity contribution in [1.82, 2.24) is 15.1 Å². The maximum atomic E-state index is 14.3. The van der Waals surface area contributed by atoms with Crippen molar-refractivity contribution in [3.05, 3.63) is 51.1 Å². The highest BCUT2D eigenvalue weighted by atomic mass is 35.5. The quantitative estimate of drug-likeness (QED) is 0.531. The second kappa shape index (κ2) is 8.78. The predicted molar refractivity (Wildman–Crippen MR) is 106 cm³/mol. The number of benzene rings is 1. The van der Waals surface area contributed by atoms with Gasteiger partial charge in [-0.25, -0.2) is 13.2 Å². The van der Waals surface area contributed by atoms with Crippen LogP contribution in [0.3, 0.4) is 0 Å². The molecule has 0 radical (unpaired) electrons. The van der Waals surface area contributed by atoms with E-state index in [1.165, 1.54) is 0 Å². The van der Waals surface area contributed by atoms with E-state index < -0.39 is 39.5 Å². The van der Waals surface area contributed by atoms with Gasteiger partial charge in [0.25, 0.3) is 5.91 Å². The van der Waals surface area contributed by atoms with Crippen molar-refractivity contribution in [3.8, 4) is 0 Å². The van der Waals surface area contributed by atoms with E-state index in [-0.39, 0.29) is 6.04 Å². The smallest absolute Gasteiger partial charge is 0.256 e. The molecule has 1 amide bonds. The van der Waals surface area contributed by atoms with Crippen LogP contribution in [-0.2, 0) is 13.0 Å². The fourth-order valence-corrected chi connectivity index (χ4v) is 4.13. The number of aromatic nitrogens is 2. The van der Waals surface area contributed by atoms with Crippen LogP contribution in [0.5, 0.6) is 0 Å². The molecule has 8 heteroatoms. The average molecular weight is 428 g/mol. The summed E-state index contributed by atoms with van der Waals surface area (Å²) < 4.78 is 43.8. The van der Waals surface area contributed by atoms with Gasteiger partial charge in [-0.3, -0.25) is 9.48 Å². The summed E-state index contributed by atoms with van der Waals surface area (Å²) in [5, 5.41) is 6.50. The fourth-order valence-electron chi connectivity index (χ4n) is 3.88. The number of carbonyl (C=O) groups is 1. The molecule has 0 aliphatic heterocycles. The van der Waals surface area contributed by atoms with E-state index in [2.05, 4.69) is 23.4 Å². The Bertz CT molecular complexity index is 891. The molecule has 0 atom stereocenters. The molecule has 2 aromatic rings. The standard InChI is InChI=1S/C21H25ClF3N3O/c1-4-14-9-11(2)28(27-14)10-13-5-7-15(8-6-13)26-21(29)16-17(22)20(25)19(24)12(3)18(16)23/h9,13,15H,4-8,10H2,1-3H3,(H,26,29). The van der Waals surface area contributed by atoms with Gasteiger partial charge in [-0.05, 0) is 57.9 Å². The van der Waals surface area contributed by atoms with Gasteiger partial charge in [0.1, 0.15) is 5.82 Å². The molecule has 1 aromatic carbocycles. The molecule has 1 heterocycles. The Kier molecular flexibility index (Phi) is 6.56. The van der Waals surface area contributed by atoms with Crippen LogP contribution in [-0.4, -0.2) is 21.7 Å². The lowest BCUT2D eigenvalue weighted by molar-refractivity contribution is 0.0915. The van der Waals surface area contributed by atoms with Gasteiger partial charge in [0.15, 0.2) is 11.6 Å². The summed E-state index contributed by atoms with van der Waals surface area (Å²) in [6, 6.07) is 1.93. The molecule has 0 bridgehead atoms. The van der Waals surface area contributed by atoms with Gasteiger partial charge in [-0.2, -0.15) is 5.10 Å². The fraction of sp³-hybridized carbons (Fsp3) is 0.524. The molecule has 1 aliphatic rings. The Morgan fingerprint density at radius 2 is 1.83 bits per heavy atom. The third-order valence-corrected chi connectivity index (χ3v) is 6.07. The Hall–Kier alpha value is -2.02. The van der Waals surface area contributed by atoms with Crippen molar-refractivity contribution in [1.29, 1.82) is 0 Å². The molecule has 0 unspecified atom stereocenters. The number of amides is 1. The van der Waals surface area contributed by atoms with Crippen LogP contribution in [0.2, 0.25) is 5.02 Å². The van der Waals surface area contributed by atoms with E-state index in [0.29, 0.717) is 5.92 Å². The van der Waals surface area contributed by atoms with Crippen LogP contribution in [0.25, 0.3) is 0 Å². The third-order valence-electron chi connectivity index (χ3n) is 5.72. The van der Waals surface area contributed by atoms with Crippen LogP contribution in [0.15, 0.2) is 6.07 Å². The van der Waals surface area contributed by atoms with Gasteiger partial charge in [0, 0.05) is 23.8 Å². The largest absolute Gasteiger partial charge is 0.349 e. The number of hydrogen-bond acceptors (Lipinski definition) is 2. The van der Waals surface area contributed by atoms with Crippen LogP contribution < -0.4 is 5.32 Å². The molecule has 4 nitrogen and oxygen atoms in total. The molecule has 1 aliphatic carbocycles. The second-order valence-corrected chi connectivity index (χ2v) is 8.14. The third kappa shape index (κ3) is 4.44. The van der Waals surface area contributed by atoms with E-state index in [1.807, 2.05) is 11.6 Å². The highest BCUT2D eigenvalue weighted by Gasteiger charge is 2.29. The SMILES string of the molecule is CCc1cc(C)n(CC2CCC(NC(=O)c3c(F)c(C)c(F)c(F)c3Cl)CC2)n1. The maximum absolute atomic E-state index is 14.3. The van der Waals surface area contributed by atoms with Crippen molar-refractivity contribution >= 4 is 17.5 Å². The molecule has 29 heavy (non-hydrogen) atoms. The zero-order valence-electron chi connectivity index (χ0n) is 16.8.